The Hall–Kier alpha value is -0.880. The molecule has 1 aromatic heterocycles. The fraction of sp³-hybridized carbons (Fsp3) is 0.750. The number of aromatic amines is 1. The van der Waals surface area contributed by atoms with Crippen molar-refractivity contribution in [2.24, 2.45) is 5.92 Å². The molecule has 1 fully saturated rings. The van der Waals surface area contributed by atoms with Crippen LogP contribution in [-0.4, -0.2) is 36.9 Å². The highest BCUT2D eigenvalue weighted by molar-refractivity contribution is 7.91. The Morgan fingerprint density at radius 2 is 2.28 bits per heavy atom. The van der Waals surface area contributed by atoms with E-state index >= 15 is 0 Å². The average molecular weight is 271 g/mol. The molecule has 18 heavy (non-hydrogen) atoms. The Morgan fingerprint density at radius 3 is 2.83 bits per heavy atom. The van der Waals surface area contributed by atoms with Crippen molar-refractivity contribution in [1.82, 2.24) is 15.3 Å². The molecule has 2 N–H and O–H groups in total. The summed E-state index contributed by atoms with van der Waals surface area (Å²) < 4.78 is 23.4. The SMILES string of the molecule is CNC(c1ncc[nH]1)C1CCCC(S(C)(=O)=O)C1. The second kappa shape index (κ2) is 5.40. The van der Waals surface area contributed by atoms with Gasteiger partial charge in [0.05, 0.1) is 11.3 Å². The van der Waals surface area contributed by atoms with E-state index in [1.54, 1.807) is 12.4 Å². The number of nitrogens with zero attached hydrogens (tertiary/aromatic N) is 1. The van der Waals surface area contributed by atoms with Crippen molar-refractivity contribution < 1.29 is 8.42 Å². The number of hydrogen-bond acceptors (Lipinski definition) is 4. The molecule has 0 spiro atoms. The molecule has 6 heteroatoms. The number of sulfone groups is 1. The molecule has 2 rings (SSSR count). The zero-order chi connectivity index (χ0) is 13.2. The van der Waals surface area contributed by atoms with Crippen LogP contribution in [0.1, 0.15) is 37.5 Å². The predicted octanol–water partition coefficient (Wildman–Crippen LogP) is 1.27. The lowest BCUT2D eigenvalue weighted by atomic mass is 9.83. The predicted molar refractivity (Wildman–Crippen MR) is 71.0 cm³/mol. The highest BCUT2D eigenvalue weighted by atomic mass is 32.2. The van der Waals surface area contributed by atoms with Gasteiger partial charge in [0.15, 0.2) is 0 Å². The van der Waals surface area contributed by atoms with Gasteiger partial charge in [0, 0.05) is 18.6 Å². The molecule has 0 radical (unpaired) electrons. The quantitative estimate of drug-likeness (QED) is 0.865. The molecule has 0 bridgehead atoms. The summed E-state index contributed by atoms with van der Waals surface area (Å²) in [6.45, 7) is 0. The Morgan fingerprint density at radius 1 is 1.50 bits per heavy atom. The van der Waals surface area contributed by atoms with Crippen molar-refractivity contribution in [2.75, 3.05) is 13.3 Å². The van der Waals surface area contributed by atoms with Gasteiger partial charge in [0.25, 0.3) is 0 Å². The first-order valence-corrected chi connectivity index (χ1v) is 8.33. The van der Waals surface area contributed by atoms with Crippen molar-refractivity contribution >= 4 is 9.84 Å². The minimum Gasteiger partial charge on any atom is -0.347 e. The van der Waals surface area contributed by atoms with Gasteiger partial charge in [-0.2, -0.15) is 0 Å². The monoisotopic (exact) mass is 271 g/mol. The lowest BCUT2D eigenvalue weighted by Gasteiger charge is -2.32. The molecule has 1 aromatic rings. The molecule has 0 saturated heterocycles. The summed E-state index contributed by atoms with van der Waals surface area (Å²) in [5.41, 5.74) is 0. The Kier molecular flexibility index (Phi) is 4.07. The minimum absolute atomic E-state index is 0.115. The van der Waals surface area contributed by atoms with E-state index < -0.39 is 9.84 Å². The van der Waals surface area contributed by atoms with Crippen LogP contribution in [0.2, 0.25) is 0 Å². The zero-order valence-electron chi connectivity index (χ0n) is 10.9. The van der Waals surface area contributed by atoms with Crippen molar-refractivity contribution in [1.29, 1.82) is 0 Å². The van der Waals surface area contributed by atoms with Crippen LogP contribution in [0.4, 0.5) is 0 Å². The minimum atomic E-state index is -2.93. The summed E-state index contributed by atoms with van der Waals surface area (Å²) in [6.07, 6.45) is 8.43. The molecule has 1 heterocycles. The third kappa shape index (κ3) is 2.92. The summed E-state index contributed by atoms with van der Waals surface area (Å²) in [5.74, 6) is 1.23. The maximum atomic E-state index is 11.7. The molecule has 1 saturated carbocycles. The van der Waals surface area contributed by atoms with Gasteiger partial charge < -0.3 is 10.3 Å². The van der Waals surface area contributed by atoms with Crippen molar-refractivity contribution in [3.05, 3.63) is 18.2 Å². The van der Waals surface area contributed by atoms with Crippen LogP contribution in [0.25, 0.3) is 0 Å². The second-order valence-electron chi connectivity index (χ2n) is 5.12. The molecule has 0 aromatic carbocycles. The van der Waals surface area contributed by atoms with Crippen LogP contribution in [0, 0.1) is 5.92 Å². The van der Waals surface area contributed by atoms with Crippen LogP contribution >= 0.6 is 0 Å². The van der Waals surface area contributed by atoms with Gasteiger partial charge >= 0.3 is 0 Å². The lowest BCUT2D eigenvalue weighted by molar-refractivity contribution is 0.275. The van der Waals surface area contributed by atoms with Crippen LogP contribution in [0.15, 0.2) is 12.4 Å². The van der Waals surface area contributed by atoms with Gasteiger partial charge in [-0.15, -0.1) is 0 Å². The maximum Gasteiger partial charge on any atom is 0.150 e. The molecule has 5 nitrogen and oxygen atoms in total. The van der Waals surface area contributed by atoms with E-state index in [0.717, 1.165) is 31.5 Å². The molecule has 3 unspecified atom stereocenters. The van der Waals surface area contributed by atoms with E-state index in [2.05, 4.69) is 15.3 Å². The molecular formula is C12H21N3O2S. The highest BCUT2D eigenvalue weighted by Crippen LogP contribution is 2.35. The Bertz CT molecular complexity index is 470. The fourth-order valence-electron chi connectivity index (χ4n) is 2.92. The number of rotatable bonds is 4. The van der Waals surface area contributed by atoms with Gasteiger partial charge in [-0.25, -0.2) is 13.4 Å². The summed E-state index contributed by atoms with van der Waals surface area (Å²) in [6, 6.07) is 0.115. The van der Waals surface area contributed by atoms with Crippen LogP contribution < -0.4 is 5.32 Å². The molecule has 102 valence electrons. The zero-order valence-corrected chi connectivity index (χ0v) is 11.7. The first-order chi connectivity index (χ1) is 8.52. The van der Waals surface area contributed by atoms with Gasteiger partial charge in [-0.3, -0.25) is 0 Å². The molecule has 3 atom stereocenters. The summed E-state index contributed by atoms with van der Waals surface area (Å²) >= 11 is 0. The number of hydrogen-bond donors (Lipinski definition) is 2. The van der Waals surface area contributed by atoms with Gasteiger partial charge in [-0.05, 0) is 32.2 Å². The topological polar surface area (TPSA) is 74.8 Å². The van der Waals surface area contributed by atoms with Gasteiger partial charge in [0.1, 0.15) is 15.7 Å². The largest absolute Gasteiger partial charge is 0.347 e. The third-order valence-corrected chi connectivity index (χ3v) is 5.51. The van der Waals surface area contributed by atoms with E-state index in [9.17, 15) is 8.42 Å². The van der Waals surface area contributed by atoms with Gasteiger partial charge in [0.2, 0.25) is 0 Å². The van der Waals surface area contributed by atoms with Crippen molar-refractivity contribution in [3.8, 4) is 0 Å². The van der Waals surface area contributed by atoms with E-state index in [-0.39, 0.29) is 11.3 Å². The van der Waals surface area contributed by atoms with E-state index in [4.69, 9.17) is 0 Å². The van der Waals surface area contributed by atoms with Crippen molar-refractivity contribution in [2.45, 2.75) is 37.0 Å². The van der Waals surface area contributed by atoms with E-state index in [1.807, 2.05) is 7.05 Å². The standard InChI is InChI=1S/C12H21N3O2S/c1-13-11(12-14-6-7-15-12)9-4-3-5-10(8-9)18(2,16)17/h6-7,9-11,13H,3-5,8H2,1-2H3,(H,14,15). The summed E-state index contributed by atoms with van der Waals surface area (Å²) in [5, 5.41) is 3.07. The third-order valence-electron chi connectivity index (χ3n) is 3.87. The molecular weight excluding hydrogens is 250 g/mol. The number of aromatic nitrogens is 2. The average Bonchev–Trinajstić information content (AvgIpc) is 2.83. The molecule has 1 aliphatic carbocycles. The number of imidazole rings is 1. The molecule has 0 amide bonds. The highest BCUT2D eigenvalue weighted by Gasteiger charge is 2.33. The first-order valence-electron chi connectivity index (χ1n) is 6.37. The number of nitrogens with one attached hydrogen (secondary N) is 2. The molecule has 1 aliphatic rings. The Labute approximate surface area is 108 Å². The lowest BCUT2D eigenvalue weighted by Crippen LogP contribution is -2.34. The van der Waals surface area contributed by atoms with Crippen LogP contribution in [0.3, 0.4) is 0 Å². The summed E-state index contributed by atoms with van der Waals surface area (Å²) in [4.78, 5) is 7.40. The van der Waals surface area contributed by atoms with E-state index in [0.29, 0.717) is 5.92 Å². The van der Waals surface area contributed by atoms with E-state index in [1.165, 1.54) is 6.26 Å². The van der Waals surface area contributed by atoms with Gasteiger partial charge in [-0.1, -0.05) is 6.42 Å². The van der Waals surface area contributed by atoms with Crippen LogP contribution in [-0.2, 0) is 9.84 Å². The second-order valence-corrected chi connectivity index (χ2v) is 7.44. The normalized spacial score (nSPS) is 27.0. The summed E-state index contributed by atoms with van der Waals surface area (Å²) in [7, 11) is -1.03. The van der Waals surface area contributed by atoms with Crippen LogP contribution in [0.5, 0.6) is 0 Å². The first kappa shape index (κ1) is 13.5. The number of H-pyrrole nitrogens is 1. The Balaban J connectivity index is 2.12. The fourth-order valence-corrected chi connectivity index (χ4v) is 4.11. The van der Waals surface area contributed by atoms with Crippen molar-refractivity contribution in [3.63, 3.8) is 0 Å². The maximum absolute atomic E-state index is 11.7. The smallest absolute Gasteiger partial charge is 0.150 e. The molecule has 0 aliphatic heterocycles.